The topological polar surface area (TPSA) is 72.8 Å². The summed E-state index contributed by atoms with van der Waals surface area (Å²) in [5, 5.41) is 9.63. The lowest BCUT2D eigenvalue weighted by atomic mass is 10.0. The van der Waals surface area contributed by atoms with Crippen molar-refractivity contribution in [3.63, 3.8) is 0 Å². The van der Waals surface area contributed by atoms with Gasteiger partial charge in [-0.15, -0.1) is 0 Å². The Labute approximate surface area is 412 Å². The van der Waals surface area contributed by atoms with Gasteiger partial charge in [-0.1, -0.05) is 275 Å². The van der Waals surface area contributed by atoms with E-state index in [0.29, 0.717) is 12.8 Å². The van der Waals surface area contributed by atoms with E-state index in [0.717, 1.165) is 51.4 Å². The summed E-state index contributed by atoms with van der Waals surface area (Å²) < 4.78 is 10.7. The standard InChI is InChI=1S/C61H114O5/c1-3-5-7-9-11-13-15-17-19-20-21-22-23-24-25-26-27-28-29-30-31-32-33-34-35-36-37-38-39-40-42-44-46-48-50-52-54-56-61(64)66-59(57-62)58-65-60(63)55-53-51-49-47-45-43-41-18-16-14-12-10-8-6-4-2/h15,17-18,20-21,41,59,62H,3-14,16,19,22-40,42-58H2,1-2H3/b17-15-,21-20-,41-18-. The molecule has 0 aliphatic heterocycles. The Hall–Kier alpha value is -1.88. The van der Waals surface area contributed by atoms with Crippen LogP contribution in [0.25, 0.3) is 0 Å². The molecule has 0 bridgehead atoms. The SMILES string of the molecule is CCCCCCC/C=C\C/C=C\CCCCCCCCCCCCCCCCCCCCCCCCCCCC(=O)OC(CO)COC(=O)CCCCCCC/C=C\CCCCCCCC. The minimum absolute atomic E-state index is 0.0654. The van der Waals surface area contributed by atoms with Gasteiger partial charge in [0.2, 0.25) is 0 Å². The first kappa shape index (κ1) is 64.1. The number of hydrogen-bond acceptors (Lipinski definition) is 5. The number of unbranched alkanes of at least 4 members (excludes halogenated alkanes) is 41. The summed E-state index contributed by atoms with van der Waals surface area (Å²) in [7, 11) is 0. The summed E-state index contributed by atoms with van der Waals surface area (Å²) in [6, 6.07) is 0. The molecule has 1 atom stereocenters. The van der Waals surface area contributed by atoms with Crippen LogP contribution >= 0.6 is 0 Å². The van der Waals surface area contributed by atoms with Crippen molar-refractivity contribution in [3.05, 3.63) is 36.5 Å². The van der Waals surface area contributed by atoms with E-state index < -0.39 is 6.10 Å². The highest BCUT2D eigenvalue weighted by atomic mass is 16.6. The molecule has 0 rings (SSSR count). The third-order valence-corrected chi connectivity index (χ3v) is 13.4. The zero-order chi connectivity index (χ0) is 47.7. The molecule has 0 spiro atoms. The lowest BCUT2D eigenvalue weighted by Crippen LogP contribution is -2.28. The Balaban J connectivity index is 3.38. The number of allylic oxidation sites excluding steroid dienone is 6. The number of carbonyl (C=O) groups is 2. The summed E-state index contributed by atoms with van der Waals surface area (Å²) in [4.78, 5) is 24.5. The van der Waals surface area contributed by atoms with Gasteiger partial charge >= 0.3 is 11.9 Å². The summed E-state index contributed by atoms with van der Waals surface area (Å²) in [6.07, 6.45) is 74.3. The number of ether oxygens (including phenoxy) is 2. The largest absolute Gasteiger partial charge is 0.462 e. The third-order valence-electron chi connectivity index (χ3n) is 13.4. The molecule has 0 fully saturated rings. The van der Waals surface area contributed by atoms with Crippen LogP contribution in [-0.2, 0) is 19.1 Å². The Morgan fingerprint density at radius 3 is 0.909 bits per heavy atom. The highest BCUT2D eigenvalue weighted by Gasteiger charge is 2.16. The molecule has 0 saturated carbocycles. The lowest BCUT2D eigenvalue weighted by Gasteiger charge is -2.15. The zero-order valence-corrected chi connectivity index (χ0v) is 44.5. The van der Waals surface area contributed by atoms with Crippen molar-refractivity contribution in [1.29, 1.82) is 0 Å². The van der Waals surface area contributed by atoms with Crippen LogP contribution in [-0.4, -0.2) is 36.4 Å². The van der Waals surface area contributed by atoms with Crippen LogP contribution < -0.4 is 0 Å². The number of esters is 2. The maximum atomic E-state index is 12.3. The van der Waals surface area contributed by atoms with Crippen molar-refractivity contribution in [3.8, 4) is 0 Å². The quantitative estimate of drug-likeness (QED) is 0.0374. The minimum Gasteiger partial charge on any atom is -0.462 e. The molecule has 0 saturated heterocycles. The van der Waals surface area contributed by atoms with E-state index in [1.807, 2.05) is 0 Å². The van der Waals surface area contributed by atoms with E-state index in [1.54, 1.807) is 0 Å². The van der Waals surface area contributed by atoms with Gasteiger partial charge in [0.1, 0.15) is 6.61 Å². The average molecular weight is 928 g/mol. The van der Waals surface area contributed by atoms with Crippen LogP contribution in [0.4, 0.5) is 0 Å². The van der Waals surface area contributed by atoms with Gasteiger partial charge in [-0.25, -0.2) is 0 Å². The van der Waals surface area contributed by atoms with E-state index in [9.17, 15) is 14.7 Å². The predicted octanol–water partition coefficient (Wildman–Crippen LogP) is 19.9. The number of rotatable bonds is 55. The maximum absolute atomic E-state index is 12.3. The molecule has 0 amide bonds. The third kappa shape index (κ3) is 54.7. The van der Waals surface area contributed by atoms with E-state index in [1.165, 1.54) is 244 Å². The Bertz CT molecular complexity index is 1050. The molecule has 0 aliphatic carbocycles. The van der Waals surface area contributed by atoms with Crippen LogP contribution in [0.3, 0.4) is 0 Å². The van der Waals surface area contributed by atoms with Crippen molar-refractivity contribution < 1.29 is 24.2 Å². The summed E-state index contributed by atoms with van der Waals surface area (Å²) in [5.74, 6) is -0.585. The Kier molecular flexibility index (Phi) is 55.8. The van der Waals surface area contributed by atoms with Gasteiger partial charge in [0.05, 0.1) is 6.61 Å². The molecule has 0 aromatic carbocycles. The van der Waals surface area contributed by atoms with Crippen molar-refractivity contribution in [2.75, 3.05) is 13.2 Å². The second-order valence-corrected chi connectivity index (χ2v) is 20.1. The number of carbonyl (C=O) groups excluding carboxylic acids is 2. The molecule has 0 aliphatic rings. The second kappa shape index (κ2) is 57.4. The van der Waals surface area contributed by atoms with E-state index in [2.05, 4.69) is 50.3 Å². The van der Waals surface area contributed by atoms with Crippen molar-refractivity contribution in [2.24, 2.45) is 0 Å². The first-order chi connectivity index (χ1) is 32.6. The molecule has 388 valence electrons. The van der Waals surface area contributed by atoms with Crippen LogP contribution in [0.15, 0.2) is 36.5 Å². The van der Waals surface area contributed by atoms with Gasteiger partial charge in [-0.2, -0.15) is 0 Å². The molecule has 66 heavy (non-hydrogen) atoms. The molecule has 0 aromatic heterocycles. The summed E-state index contributed by atoms with van der Waals surface area (Å²) in [5.41, 5.74) is 0. The number of hydrogen-bond donors (Lipinski definition) is 1. The van der Waals surface area contributed by atoms with E-state index in [4.69, 9.17) is 9.47 Å². The minimum atomic E-state index is -0.772. The smallest absolute Gasteiger partial charge is 0.306 e. The predicted molar refractivity (Wildman–Crippen MR) is 288 cm³/mol. The van der Waals surface area contributed by atoms with Gasteiger partial charge in [0.25, 0.3) is 0 Å². The fourth-order valence-electron chi connectivity index (χ4n) is 8.94. The normalized spacial score (nSPS) is 12.3. The molecule has 1 unspecified atom stereocenters. The van der Waals surface area contributed by atoms with Gasteiger partial charge < -0.3 is 14.6 Å². The van der Waals surface area contributed by atoms with Crippen LogP contribution in [0.5, 0.6) is 0 Å². The molecule has 0 aromatic rings. The molecule has 5 heteroatoms. The van der Waals surface area contributed by atoms with Crippen LogP contribution in [0.2, 0.25) is 0 Å². The number of aliphatic hydroxyl groups excluding tert-OH is 1. The first-order valence-electron chi connectivity index (χ1n) is 29.5. The molecule has 0 heterocycles. The van der Waals surface area contributed by atoms with Gasteiger partial charge in [-0.3, -0.25) is 9.59 Å². The van der Waals surface area contributed by atoms with Crippen molar-refractivity contribution in [1.82, 2.24) is 0 Å². The zero-order valence-electron chi connectivity index (χ0n) is 44.5. The maximum Gasteiger partial charge on any atom is 0.306 e. The molecular formula is C61H114O5. The Morgan fingerprint density at radius 2 is 0.606 bits per heavy atom. The van der Waals surface area contributed by atoms with Gasteiger partial charge in [0, 0.05) is 12.8 Å². The lowest BCUT2D eigenvalue weighted by molar-refractivity contribution is -0.161. The number of aliphatic hydroxyl groups is 1. The average Bonchev–Trinajstić information content (AvgIpc) is 3.32. The monoisotopic (exact) mass is 927 g/mol. The first-order valence-corrected chi connectivity index (χ1v) is 29.5. The summed E-state index contributed by atoms with van der Waals surface area (Å²) in [6.45, 7) is 4.15. The van der Waals surface area contributed by atoms with E-state index >= 15 is 0 Å². The highest BCUT2D eigenvalue weighted by Crippen LogP contribution is 2.17. The van der Waals surface area contributed by atoms with Crippen molar-refractivity contribution >= 4 is 11.9 Å². The van der Waals surface area contributed by atoms with Crippen molar-refractivity contribution in [2.45, 2.75) is 328 Å². The summed E-state index contributed by atoms with van der Waals surface area (Å²) >= 11 is 0. The van der Waals surface area contributed by atoms with Crippen LogP contribution in [0.1, 0.15) is 322 Å². The Morgan fingerprint density at radius 1 is 0.348 bits per heavy atom. The molecular weight excluding hydrogens is 813 g/mol. The molecule has 0 radical (unpaired) electrons. The fraction of sp³-hybridized carbons (Fsp3) is 0.869. The second-order valence-electron chi connectivity index (χ2n) is 20.1. The van der Waals surface area contributed by atoms with Crippen LogP contribution in [0, 0.1) is 0 Å². The van der Waals surface area contributed by atoms with Gasteiger partial charge in [-0.05, 0) is 70.6 Å². The molecule has 1 N–H and O–H groups in total. The van der Waals surface area contributed by atoms with E-state index in [-0.39, 0.29) is 25.2 Å². The fourth-order valence-corrected chi connectivity index (χ4v) is 8.94. The van der Waals surface area contributed by atoms with Gasteiger partial charge in [0.15, 0.2) is 6.10 Å². The highest BCUT2D eigenvalue weighted by molar-refractivity contribution is 5.70. The molecule has 5 nitrogen and oxygen atoms in total.